The van der Waals surface area contributed by atoms with Gasteiger partial charge in [-0.25, -0.2) is 0 Å². The first-order chi connectivity index (χ1) is 13.4. The molecule has 7 nitrogen and oxygen atoms in total. The molecule has 0 aromatic carbocycles. The lowest BCUT2D eigenvalue weighted by atomic mass is 10.0. The minimum atomic E-state index is -3.81. The van der Waals surface area contributed by atoms with Gasteiger partial charge in [0.1, 0.15) is 0 Å². The molecule has 7 N–H and O–H groups in total. The molecule has 0 rings (SSSR count). The molecule has 0 atom stereocenters. The zero-order chi connectivity index (χ0) is 23.0. The van der Waals surface area contributed by atoms with E-state index >= 15 is 0 Å². The molecule has 0 aromatic heterocycles. The molecular formula is C18H44O7P2S2. The Morgan fingerprint density at radius 3 is 0.793 bits per heavy atom. The van der Waals surface area contributed by atoms with Gasteiger partial charge in [-0.2, -0.15) is 0 Å². The molecule has 0 spiro atoms. The Balaban J connectivity index is -0.000000555. The van der Waals surface area contributed by atoms with Crippen molar-refractivity contribution in [3.8, 4) is 0 Å². The summed E-state index contributed by atoms with van der Waals surface area (Å²) in [5, 5.41) is 8.67. The lowest BCUT2D eigenvalue weighted by Crippen LogP contribution is -1.85. The van der Waals surface area contributed by atoms with Crippen LogP contribution in [0.25, 0.3) is 0 Å². The maximum Gasteiger partial charge on any atom is 0.319 e. The van der Waals surface area contributed by atoms with Crippen LogP contribution in [0.5, 0.6) is 0 Å². The van der Waals surface area contributed by atoms with Gasteiger partial charge in [-0.05, 0) is 30.0 Å². The van der Waals surface area contributed by atoms with Crippen molar-refractivity contribution >= 4 is 37.1 Å². The van der Waals surface area contributed by atoms with Crippen LogP contribution in [-0.2, 0) is 23.6 Å². The van der Waals surface area contributed by atoms with E-state index in [4.69, 9.17) is 34.5 Å². The van der Waals surface area contributed by atoms with E-state index in [0.29, 0.717) is 6.61 Å². The molecule has 0 unspecified atom stereocenters. The summed E-state index contributed by atoms with van der Waals surface area (Å²) in [4.78, 5) is 45.3. The highest BCUT2D eigenvalue weighted by atomic mass is 32.5. The van der Waals surface area contributed by atoms with Crippen LogP contribution in [0.15, 0.2) is 0 Å². The fourth-order valence-electron chi connectivity index (χ4n) is 2.66. The summed E-state index contributed by atoms with van der Waals surface area (Å²) in [7, 11) is 0. The zero-order valence-electron chi connectivity index (χ0n) is 17.9. The first-order valence-corrected chi connectivity index (χ1v) is 15.9. The van der Waals surface area contributed by atoms with Crippen LogP contribution in [0.4, 0.5) is 0 Å². The second kappa shape index (κ2) is 25.3. The number of rotatable bonds is 16. The van der Waals surface area contributed by atoms with Gasteiger partial charge in [0.2, 0.25) is 0 Å². The fraction of sp³-hybridized carbons (Fsp3) is 1.00. The van der Waals surface area contributed by atoms with Crippen molar-refractivity contribution in [3.63, 3.8) is 0 Å². The third kappa shape index (κ3) is 73.1. The van der Waals surface area contributed by atoms with Crippen LogP contribution in [0, 0.1) is 0 Å². The second-order valence-corrected chi connectivity index (χ2v) is 12.0. The van der Waals surface area contributed by atoms with Crippen LogP contribution in [0.3, 0.4) is 0 Å². The highest BCUT2D eigenvalue weighted by molar-refractivity contribution is 8.06. The van der Waals surface area contributed by atoms with Crippen molar-refractivity contribution in [1.82, 2.24) is 0 Å². The molecule has 180 valence electrons. The summed E-state index contributed by atoms with van der Waals surface area (Å²) in [5.41, 5.74) is 0. The fourth-order valence-corrected chi connectivity index (χ4v) is 2.66. The van der Waals surface area contributed by atoms with Gasteiger partial charge >= 0.3 is 13.4 Å². The van der Waals surface area contributed by atoms with Crippen LogP contribution in [0.1, 0.15) is 110 Å². The van der Waals surface area contributed by atoms with E-state index in [-0.39, 0.29) is 0 Å². The molecule has 29 heavy (non-hydrogen) atoms. The van der Waals surface area contributed by atoms with Crippen LogP contribution in [-0.4, -0.2) is 41.1 Å². The molecule has 0 saturated carbocycles. The van der Waals surface area contributed by atoms with E-state index < -0.39 is 13.4 Å². The second-order valence-electron chi connectivity index (χ2n) is 7.05. The predicted molar refractivity (Wildman–Crippen MR) is 129 cm³/mol. The van der Waals surface area contributed by atoms with Crippen LogP contribution >= 0.6 is 13.4 Å². The molecule has 0 fully saturated rings. The van der Waals surface area contributed by atoms with E-state index in [9.17, 15) is 0 Å². The van der Waals surface area contributed by atoms with Gasteiger partial charge in [-0.15, -0.1) is 0 Å². The minimum Gasteiger partial charge on any atom is -0.396 e. The molecule has 0 bridgehead atoms. The number of hydrogen-bond donors (Lipinski definition) is 7. The quantitative estimate of drug-likeness (QED) is 0.120. The van der Waals surface area contributed by atoms with Crippen LogP contribution in [0.2, 0.25) is 0 Å². The van der Waals surface area contributed by atoms with E-state index in [2.05, 4.69) is 30.5 Å². The van der Waals surface area contributed by atoms with Gasteiger partial charge in [0.05, 0.1) is 0 Å². The number of hydrogen-bond acceptors (Lipinski definition) is 3. The van der Waals surface area contributed by atoms with E-state index in [1.807, 2.05) is 0 Å². The average molecular weight is 499 g/mol. The predicted octanol–water partition coefficient (Wildman–Crippen LogP) is 4.62. The average Bonchev–Trinajstić information content (AvgIpc) is 2.55. The largest absolute Gasteiger partial charge is 0.396 e. The summed E-state index contributed by atoms with van der Waals surface area (Å²) in [6, 6.07) is 0. The molecule has 0 radical (unpaired) electrons. The first-order valence-electron chi connectivity index (χ1n) is 10.6. The Morgan fingerprint density at radius 1 is 0.448 bits per heavy atom. The molecular weight excluding hydrogens is 454 g/mol. The normalized spacial score (nSPS) is 11.3. The Morgan fingerprint density at radius 2 is 0.621 bits per heavy atom. The van der Waals surface area contributed by atoms with E-state index in [1.165, 1.54) is 96.3 Å². The van der Waals surface area contributed by atoms with Crippen molar-refractivity contribution in [1.29, 1.82) is 0 Å². The highest BCUT2D eigenvalue weighted by Gasteiger charge is 1.94. The Bertz CT molecular complexity index is 351. The molecule has 0 aliphatic heterocycles. The standard InChI is InChI=1S/C18H38O.2H3O3PS/c1-2-3-4-5-6-7-8-9-10-11-12-13-14-15-16-17-18-19;2*1-4(2,3)5/h19H,2-18H2,1H3;2*(H3,1,2,3,5). The maximum atomic E-state index is 8.67. The van der Waals surface area contributed by atoms with Crippen molar-refractivity contribution < 1.29 is 34.5 Å². The van der Waals surface area contributed by atoms with Crippen molar-refractivity contribution in [3.05, 3.63) is 0 Å². The smallest absolute Gasteiger partial charge is 0.319 e. The zero-order valence-corrected chi connectivity index (χ0v) is 21.3. The van der Waals surface area contributed by atoms with Gasteiger partial charge in [-0.3, -0.25) is 0 Å². The lowest BCUT2D eigenvalue weighted by molar-refractivity contribution is 0.282. The molecule has 0 aliphatic carbocycles. The van der Waals surface area contributed by atoms with Crippen molar-refractivity contribution in [2.45, 2.75) is 110 Å². The third-order valence-corrected chi connectivity index (χ3v) is 4.01. The molecule has 0 amide bonds. The maximum absolute atomic E-state index is 8.67. The molecule has 11 heteroatoms. The molecule has 0 heterocycles. The van der Waals surface area contributed by atoms with Crippen molar-refractivity contribution in [2.24, 2.45) is 0 Å². The van der Waals surface area contributed by atoms with Gasteiger partial charge in [0, 0.05) is 6.61 Å². The summed E-state index contributed by atoms with van der Waals surface area (Å²) in [6.07, 6.45) is 22.2. The van der Waals surface area contributed by atoms with Gasteiger partial charge in [0.15, 0.2) is 0 Å². The van der Waals surface area contributed by atoms with E-state index in [0.717, 1.165) is 6.42 Å². The van der Waals surface area contributed by atoms with E-state index in [1.54, 1.807) is 0 Å². The highest BCUT2D eigenvalue weighted by Crippen LogP contribution is 2.27. The summed E-state index contributed by atoms with van der Waals surface area (Å²) < 4.78 is 0. The van der Waals surface area contributed by atoms with Gasteiger partial charge < -0.3 is 34.5 Å². The van der Waals surface area contributed by atoms with Crippen LogP contribution < -0.4 is 0 Å². The summed E-state index contributed by atoms with van der Waals surface area (Å²) in [5.74, 6) is 0. The SMILES string of the molecule is CCCCCCCCCCCCCCCCCCO.OP(O)(O)=S.OP(O)(O)=S. The Kier molecular flexibility index (Phi) is 30.2. The lowest BCUT2D eigenvalue weighted by Gasteiger charge is -2.03. The Hall–Kier alpha value is 1.02. The number of aliphatic hydroxyl groups is 1. The minimum absolute atomic E-state index is 0.373. The topological polar surface area (TPSA) is 142 Å². The molecule has 0 aromatic rings. The number of unbranched alkanes of at least 4 members (excludes halogenated alkanes) is 15. The van der Waals surface area contributed by atoms with Gasteiger partial charge in [0.25, 0.3) is 0 Å². The Labute approximate surface area is 187 Å². The van der Waals surface area contributed by atoms with Crippen molar-refractivity contribution in [2.75, 3.05) is 6.61 Å². The monoisotopic (exact) mass is 498 g/mol. The molecule has 0 aliphatic rings. The van der Waals surface area contributed by atoms with Gasteiger partial charge in [-0.1, -0.05) is 103 Å². The summed E-state index contributed by atoms with van der Waals surface area (Å²) in [6.45, 7) is -4.95. The first kappa shape index (κ1) is 34.6. The number of aliphatic hydroxyl groups excluding tert-OH is 1. The summed E-state index contributed by atoms with van der Waals surface area (Å²) >= 11 is 7.21. The third-order valence-electron chi connectivity index (χ3n) is 4.01. The molecule has 0 saturated heterocycles.